The number of alkyl carbamates (subject to hydrolysis) is 2. The molecule has 0 saturated carbocycles. The van der Waals surface area contributed by atoms with Crippen molar-refractivity contribution in [3.05, 3.63) is 87.6 Å². The summed E-state index contributed by atoms with van der Waals surface area (Å²) in [7, 11) is 2.42. The predicted octanol–water partition coefficient (Wildman–Crippen LogP) is 9.03. The number of ether oxygens (including phenoxy) is 3. The molecule has 0 spiro atoms. The zero-order valence-corrected chi connectivity index (χ0v) is 40.0. The molecule has 9 rings (SSSR count). The van der Waals surface area contributed by atoms with E-state index in [4.69, 9.17) is 9.47 Å². The number of rotatable bonds is 11. The third-order valence-corrected chi connectivity index (χ3v) is 14.5. The molecule has 0 aliphatic carbocycles. The van der Waals surface area contributed by atoms with Gasteiger partial charge in [-0.1, -0.05) is 19.9 Å². The SMILES string of the molecule is COC(=O)N[C@H](C(=O)N1CCC[C@H]1c1ncc(-c2cc(F)c3c(c2)OC(c2cc(C)c(C)s2)n2c-3cc3cc(-c4cnc([C@@H]5CCCN5C(=O)[C@@H](NC(=O)OC)C(C)(C)F)[nH]4)ccc32)[nH]1)C(C)C. The van der Waals surface area contributed by atoms with Gasteiger partial charge in [-0.3, -0.25) is 14.2 Å². The number of fused-ring (bicyclic) bond motifs is 5. The van der Waals surface area contributed by atoms with Crippen LogP contribution in [0.25, 0.3) is 44.7 Å². The normalized spacial score (nSPS) is 18.8. The van der Waals surface area contributed by atoms with Crippen LogP contribution in [0.2, 0.25) is 0 Å². The monoisotopic (exact) mass is 951 g/mol. The molecule has 2 saturated heterocycles. The largest absolute Gasteiger partial charge is 0.464 e. The summed E-state index contributed by atoms with van der Waals surface area (Å²) in [6.45, 7) is 11.2. The van der Waals surface area contributed by atoms with Gasteiger partial charge in [0.1, 0.15) is 41.0 Å². The van der Waals surface area contributed by atoms with Gasteiger partial charge in [-0.05, 0) is 101 Å². The molecule has 6 aromatic rings. The molecule has 16 nitrogen and oxygen atoms in total. The first-order valence-electron chi connectivity index (χ1n) is 22.8. The number of methoxy groups -OCH3 is 2. The van der Waals surface area contributed by atoms with Crippen LogP contribution in [-0.4, -0.2) is 103 Å². The maximum Gasteiger partial charge on any atom is 0.407 e. The minimum absolute atomic E-state index is 0.185. The van der Waals surface area contributed by atoms with Crippen LogP contribution in [0, 0.1) is 25.6 Å². The van der Waals surface area contributed by atoms with E-state index in [1.165, 1.54) is 27.0 Å². The molecule has 4 aromatic heterocycles. The zero-order chi connectivity index (χ0) is 48.3. The second-order valence-electron chi connectivity index (χ2n) is 18.6. The van der Waals surface area contributed by atoms with E-state index in [0.717, 1.165) is 45.3 Å². The van der Waals surface area contributed by atoms with Crippen molar-refractivity contribution >= 4 is 46.2 Å². The highest BCUT2D eigenvalue weighted by atomic mass is 32.1. The van der Waals surface area contributed by atoms with Crippen molar-refractivity contribution in [3.8, 4) is 39.5 Å². The number of likely N-dealkylation sites (tertiary alicyclic amines) is 2. The van der Waals surface area contributed by atoms with Gasteiger partial charge in [0.15, 0.2) is 0 Å². The number of carbonyl (C=O) groups is 4. The summed E-state index contributed by atoms with van der Waals surface area (Å²) in [5.41, 5.74) is 3.40. The molecule has 68 heavy (non-hydrogen) atoms. The Morgan fingerprint density at radius 3 is 2.06 bits per heavy atom. The molecule has 19 heteroatoms. The smallest absolute Gasteiger partial charge is 0.407 e. The molecule has 4 N–H and O–H groups in total. The second kappa shape index (κ2) is 18.0. The molecule has 7 heterocycles. The number of H-pyrrole nitrogens is 2. The van der Waals surface area contributed by atoms with Gasteiger partial charge in [-0.15, -0.1) is 11.3 Å². The average molecular weight is 952 g/mol. The first-order valence-corrected chi connectivity index (χ1v) is 23.6. The summed E-state index contributed by atoms with van der Waals surface area (Å²) in [5, 5.41) is 5.88. The lowest BCUT2D eigenvalue weighted by atomic mass is 9.99. The van der Waals surface area contributed by atoms with Crippen LogP contribution >= 0.6 is 11.3 Å². The number of alkyl halides is 1. The minimum Gasteiger partial charge on any atom is -0.464 e. The summed E-state index contributed by atoms with van der Waals surface area (Å²) in [4.78, 5) is 73.3. The predicted molar refractivity (Wildman–Crippen MR) is 251 cm³/mol. The molecular weight excluding hydrogens is 897 g/mol. The number of halogens is 2. The van der Waals surface area contributed by atoms with Crippen LogP contribution in [0.5, 0.6) is 5.75 Å². The van der Waals surface area contributed by atoms with Crippen molar-refractivity contribution in [1.29, 1.82) is 0 Å². The van der Waals surface area contributed by atoms with Crippen LogP contribution in [0.1, 0.15) is 98.7 Å². The summed E-state index contributed by atoms with van der Waals surface area (Å²) in [5.74, 6) is -0.0139. The molecular formula is C49H55F2N9O7S. The van der Waals surface area contributed by atoms with Crippen LogP contribution in [0.3, 0.4) is 0 Å². The van der Waals surface area contributed by atoms with Crippen molar-refractivity contribution in [2.24, 2.45) is 5.92 Å². The molecule has 3 aliphatic heterocycles. The third-order valence-electron chi connectivity index (χ3n) is 13.3. The summed E-state index contributed by atoms with van der Waals surface area (Å²) >= 11 is 1.62. The van der Waals surface area contributed by atoms with E-state index in [1.54, 1.807) is 33.5 Å². The first-order chi connectivity index (χ1) is 32.4. The molecule has 2 aromatic carbocycles. The van der Waals surface area contributed by atoms with E-state index in [-0.39, 0.29) is 17.9 Å². The molecule has 1 unspecified atom stereocenters. The first kappa shape index (κ1) is 46.4. The average Bonchev–Trinajstić information content (AvgIpc) is 4.17. The zero-order valence-electron chi connectivity index (χ0n) is 39.2. The van der Waals surface area contributed by atoms with Crippen molar-refractivity contribution in [3.63, 3.8) is 0 Å². The van der Waals surface area contributed by atoms with Gasteiger partial charge in [-0.2, -0.15) is 0 Å². The van der Waals surface area contributed by atoms with Crippen molar-refractivity contribution < 1.29 is 42.2 Å². The van der Waals surface area contributed by atoms with Gasteiger partial charge >= 0.3 is 12.2 Å². The second-order valence-corrected chi connectivity index (χ2v) is 19.9. The van der Waals surface area contributed by atoms with E-state index in [1.807, 2.05) is 48.7 Å². The Labute approximate surface area is 395 Å². The van der Waals surface area contributed by atoms with Crippen LogP contribution in [-0.2, 0) is 19.1 Å². The van der Waals surface area contributed by atoms with E-state index < -0.39 is 53.9 Å². The highest BCUT2D eigenvalue weighted by molar-refractivity contribution is 7.12. The third kappa shape index (κ3) is 8.45. The molecule has 3 aliphatic rings. The lowest BCUT2D eigenvalue weighted by Gasteiger charge is -2.32. The van der Waals surface area contributed by atoms with Crippen molar-refractivity contribution in [2.75, 3.05) is 27.3 Å². The van der Waals surface area contributed by atoms with E-state index >= 15 is 8.78 Å². The fourth-order valence-corrected chi connectivity index (χ4v) is 10.8. The fourth-order valence-electron chi connectivity index (χ4n) is 9.69. The van der Waals surface area contributed by atoms with E-state index in [2.05, 4.69) is 55.2 Å². The number of carbonyl (C=O) groups excluding carboxylic acids is 4. The Hall–Kier alpha value is -6.76. The number of benzene rings is 2. The number of hydrogen-bond acceptors (Lipinski definition) is 10. The van der Waals surface area contributed by atoms with Crippen LogP contribution < -0.4 is 15.4 Å². The number of imidazole rings is 2. The number of amides is 4. The van der Waals surface area contributed by atoms with E-state index in [9.17, 15) is 19.2 Å². The summed E-state index contributed by atoms with van der Waals surface area (Å²) < 4.78 is 50.5. The maximum absolute atomic E-state index is 16.9. The lowest BCUT2D eigenvalue weighted by molar-refractivity contribution is -0.138. The number of nitrogens with one attached hydrogen (secondary N) is 4. The van der Waals surface area contributed by atoms with Gasteiger partial charge in [0.05, 0.1) is 71.7 Å². The van der Waals surface area contributed by atoms with Crippen LogP contribution in [0.4, 0.5) is 18.4 Å². The Morgan fingerprint density at radius 1 is 0.853 bits per heavy atom. The molecule has 4 amide bonds. The summed E-state index contributed by atoms with van der Waals surface area (Å²) in [6.07, 6.45) is 3.82. The number of aromatic amines is 2. The Morgan fingerprint density at radius 2 is 1.47 bits per heavy atom. The fraction of sp³-hybridized carbons (Fsp3) is 0.429. The lowest BCUT2D eigenvalue weighted by Crippen LogP contribution is -2.56. The number of aryl methyl sites for hydroxylation is 2. The van der Waals surface area contributed by atoms with Gasteiger partial charge in [0.25, 0.3) is 0 Å². The Bertz CT molecular complexity index is 2910. The molecule has 2 fully saturated rings. The van der Waals surface area contributed by atoms with Gasteiger partial charge in [0, 0.05) is 34.5 Å². The quantitative estimate of drug-likeness (QED) is 0.0983. The van der Waals surface area contributed by atoms with Gasteiger partial charge in [0.2, 0.25) is 18.0 Å². The Kier molecular flexibility index (Phi) is 12.3. The highest BCUT2D eigenvalue weighted by Crippen LogP contribution is 2.49. The van der Waals surface area contributed by atoms with E-state index in [0.29, 0.717) is 78.0 Å². The van der Waals surface area contributed by atoms with Gasteiger partial charge < -0.3 is 44.6 Å². The van der Waals surface area contributed by atoms with Crippen molar-refractivity contribution in [2.45, 2.75) is 103 Å². The number of thiophene rings is 1. The topological polar surface area (TPSA) is 189 Å². The number of aromatic nitrogens is 5. The maximum atomic E-state index is 16.9. The van der Waals surface area contributed by atoms with Crippen molar-refractivity contribution in [1.82, 2.24) is 44.9 Å². The summed E-state index contributed by atoms with van der Waals surface area (Å²) in [6, 6.07) is 10.2. The molecule has 0 bridgehead atoms. The minimum atomic E-state index is -2.06. The molecule has 358 valence electrons. The Balaban J connectivity index is 1.03. The number of hydrogen-bond donors (Lipinski definition) is 4. The molecule has 5 atom stereocenters. The molecule has 0 radical (unpaired) electrons. The van der Waals surface area contributed by atoms with Crippen LogP contribution in [0.15, 0.2) is 54.9 Å². The number of nitrogens with zero attached hydrogens (tertiary/aromatic N) is 5. The highest BCUT2D eigenvalue weighted by Gasteiger charge is 2.44. The van der Waals surface area contributed by atoms with Gasteiger partial charge in [-0.25, -0.2) is 28.3 Å². The standard InChI is InChI=1S/C49H55F2N9O7S/c1-24(2)40(56-47(63)65-7)44(61)58-15-9-11-34(58)42-53-23-32(55-42)28-19-30(50)39-36-20-29-18-27(13-14-33(29)60(36)46(67-37(39)21-28)38-17-25(3)26(4)68-38)31-22-52-43(54-31)35-12-10-16-59(35)45(62)41(49(5,6)51)57-48(64)66-8/h13-14,17-24,34-35,40-41,46H,9-12,15-16H2,1-8H3,(H,52,54)(H,53,55)(H,56,63)(H,57,64)/t34-,35-,40-,41+,46?/m0/s1.